The van der Waals surface area contributed by atoms with Crippen molar-refractivity contribution >= 4 is 33.8 Å². The van der Waals surface area contributed by atoms with E-state index < -0.39 is 0 Å². The Labute approximate surface area is 126 Å². The lowest BCUT2D eigenvalue weighted by Gasteiger charge is -2.10. The van der Waals surface area contributed by atoms with E-state index >= 15 is 0 Å². The van der Waals surface area contributed by atoms with Crippen LogP contribution in [0, 0.1) is 6.92 Å². The molecule has 21 heavy (non-hydrogen) atoms. The second-order valence-corrected chi connectivity index (χ2v) is 5.92. The Hall–Kier alpha value is -2.34. The SMILES string of the molecule is Cc1csc(C(C)NC(=O)c2c[nH]c3cc(N)ccc23)n1. The highest BCUT2D eigenvalue weighted by Gasteiger charge is 2.17. The van der Waals surface area contributed by atoms with E-state index in [-0.39, 0.29) is 11.9 Å². The van der Waals surface area contributed by atoms with Gasteiger partial charge in [0, 0.05) is 33.9 Å². The van der Waals surface area contributed by atoms with Crippen molar-refractivity contribution < 1.29 is 4.79 Å². The van der Waals surface area contributed by atoms with Crippen LogP contribution in [0.5, 0.6) is 0 Å². The summed E-state index contributed by atoms with van der Waals surface area (Å²) in [4.78, 5) is 19.9. The molecule has 0 saturated carbocycles. The molecule has 3 rings (SSSR count). The molecule has 0 aliphatic heterocycles. The molecule has 0 saturated heterocycles. The van der Waals surface area contributed by atoms with Gasteiger partial charge in [-0.2, -0.15) is 0 Å². The third-order valence-electron chi connectivity index (χ3n) is 3.31. The molecular weight excluding hydrogens is 284 g/mol. The fraction of sp³-hybridized carbons (Fsp3) is 0.200. The van der Waals surface area contributed by atoms with Crippen molar-refractivity contribution in [1.82, 2.24) is 15.3 Å². The predicted molar refractivity (Wildman–Crippen MR) is 85.4 cm³/mol. The van der Waals surface area contributed by atoms with E-state index in [2.05, 4.69) is 15.3 Å². The van der Waals surface area contributed by atoms with Crippen LogP contribution >= 0.6 is 11.3 Å². The minimum atomic E-state index is -0.119. The fourth-order valence-electron chi connectivity index (χ4n) is 2.24. The van der Waals surface area contributed by atoms with E-state index in [4.69, 9.17) is 5.73 Å². The molecule has 3 aromatic rings. The Morgan fingerprint density at radius 2 is 2.29 bits per heavy atom. The molecule has 2 aromatic heterocycles. The monoisotopic (exact) mass is 300 g/mol. The number of fused-ring (bicyclic) bond motifs is 1. The molecule has 2 heterocycles. The zero-order valence-corrected chi connectivity index (χ0v) is 12.6. The summed E-state index contributed by atoms with van der Waals surface area (Å²) in [7, 11) is 0. The summed E-state index contributed by atoms with van der Waals surface area (Å²) in [6.07, 6.45) is 1.71. The van der Waals surface area contributed by atoms with Crippen LogP contribution in [-0.2, 0) is 0 Å². The third kappa shape index (κ3) is 2.62. The maximum absolute atomic E-state index is 12.4. The maximum atomic E-state index is 12.4. The number of nitrogens with one attached hydrogen (secondary N) is 2. The zero-order valence-electron chi connectivity index (χ0n) is 11.8. The average molecular weight is 300 g/mol. The molecular formula is C15H16N4OS. The maximum Gasteiger partial charge on any atom is 0.254 e. The number of carbonyl (C=O) groups is 1. The van der Waals surface area contributed by atoms with Crippen molar-refractivity contribution in [2.75, 3.05) is 5.73 Å². The van der Waals surface area contributed by atoms with Crippen LogP contribution in [-0.4, -0.2) is 15.9 Å². The van der Waals surface area contributed by atoms with Crippen LogP contribution in [0.3, 0.4) is 0 Å². The van der Waals surface area contributed by atoms with Gasteiger partial charge in [-0.05, 0) is 32.0 Å². The molecule has 5 nitrogen and oxygen atoms in total. The van der Waals surface area contributed by atoms with Gasteiger partial charge in [0.25, 0.3) is 5.91 Å². The Morgan fingerprint density at radius 1 is 1.48 bits per heavy atom. The summed E-state index contributed by atoms with van der Waals surface area (Å²) < 4.78 is 0. The van der Waals surface area contributed by atoms with Crippen molar-refractivity contribution in [1.29, 1.82) is 0 Å². The van der Waals surface area contributed by atoms with Crippen LogP contribution in [0.1, 0.15) is 34.0 Å². The number of nitrogen functional groups attached to an aromatic ring is 1. The summed E-state index contributed by atoms with van der Waals surface area (Å²) in [5.74, 6) is -0.119. The lowest BCUT2D eigenvalue weighted by atomic mass is 10.1. The number of aromatic amines is 1. The Balaban J connectivity index is 1.84. The fourth-order valence-corrected chi connectivity index (χ4v) is 3.04. The predicted octanol–water partition coefficient (Wildman–Crippen LogP) is 3.01. The summed E-state index contributed by atoms with van der Waals surface area (Å²) in [5.41, 5.74) is 8.86. The first-order valence-electron chi connectivity index (χ1n) is 6.64. The van der Waals surface area contributed by atoms with Crippen LogP contribution in [0.25, 0.3) is 10.9 Å². The first-order valence-corrected chi connectivity index (χ1v) is 7.52. The van der Waals surface area contributed by atoms with Crippen molar-refractivity contribution in [3.8, 4) is 0 Å². The van der Waals surface area contributed by atoms with Crippen LogP contribution in [0.15, 0.2) is 29.8 Å². The first kappa shape index (κ1) is 13.6. The number of amides is 1. The smallest absolute Gasteiger partial charge is 0.254 e. The standard InChI is InChI=1S/C15H16N4OS/c1-8-7-21-15(18-8)9(2)19-14(20)12-6-17-13-5-10(16)3-4-11(12)13/h3-7,9,17H,16H2,1-2H3,(H,19,20). The lowest BCUT2D eigenvalue weighted by molar-refractivity contribution is 0.0941. The molecule has 1 aromatic carbocycles. The van der Waals surface area contributed by atoms with E-state index in [9.17, 15) is 4.79 Å². The van der Waals surface area contributed by atoms with E-state index in [1.165, 1.54) is 0 Å². The Morgan fingerprint density at radius 3 is 3.00 bits per heavy atom. The number of hydrogen-bond acceptors (Lipinski definition) is 4. The van der Waals surface area contributed by atoms with E-state index in [1.807, 2.05) is 31.4 Å². The molecule has 0 aliphatic carbocycles. The van der Waals surface area contributed by atoms with E-state index in [1.54, 1.807) is 23.6 Å². The highest BCUT2D eigenvalue weighted by Crippen LogP contribution is 2.22. The molecule has 1 unspecified atom stereocenters. The number of aryl methyl sites for hydroxylation is 1. The summed E-state index contributed by atoms with van der Waals surface area (Å²) in [5, 5.41) is 6.73. The summed E-state index contributed by atoms with van der Waals surface area (Å²) in [6, 6.07) is 5.35. The first-order chi connectivity index (χ1) is 10.0. The minimum Gasteiger partial charge on any atom is -0.399 e. The molecule has 6 heteroatoms. The number of hydrogen-bond donors (Lipinski definition) is 3. The minimum absolute atomic E-state index is 0.116. The molecule has 1 amide bonds. The number of nitrogens with two attached hydrogens (primary N) is 1. The number of H-pyrrole nitrogens is 1. The van der Waals surface area contributed by atoms with Crippen LogP contribution < -0.4 is 11.1 Å². The summed E-state index contributed by atoms with van der Waals surface area (Å²) in [6.45, 7) is 3.88. The van der Waals surface area contributed by atoms with Crippen molar-refractivity contribution in [2.24, 2.45) is 0 Å². The molecule has 108 valence electrons. The highest BCUT2D eigenvalue weighted by atomic mass is 32.1. The molecule has 0 radical (unpaired) electrons. The van der Waals surface area contributed by atoms with Crippen LogP contribution in [0.2, 0.25) is 0 Å². The van der Waals surface area contributed by atoms with Gasteiger partial charge < -0.3 is 16.0 Å². The number of nitrogens with zero attached hydrogens (tertiary/aromatic N) is 1. The van der Waals surface area contributed by atoms with Gasteiger partial charge in [0.15, 0.2) is 0 Å². The number of carbonyl (C=O) groups excluding carboxylic acids is 1. The summed E-state index contributed by atoms with van der Waals surface area (Å²) >= 11 is 1.55. The van der Waals surface area contributed by atoms with Crippen molar-refractivity contribution in [2.45, 2.75) is 19.9 Å². The van der Waals surface area contributed by atoms with Gasteiger partial charge in [0.1, 0.15) is 5.01 Å². The molecule has 0 aliphatic rings. The Kier molecular flexibility index (Phi) is 3.39. The zero-order chi connectivity index (χ0) is 15.0. The average Bonchev–Trinajstić information content (AvgIpc) is 3.04. The van der Waals surface area contributed by atoms with Gasteiger partial charge in [0.2, 0.25) is 0 Å². The molecule has 0 bridgehead atoms. The number of aromatic nitrogens is 2. The quantitative estimate of drug-likeness (QED) is 0.650. The topological polar surface area (TPSA) is 83.8 Å². The van der Waals surface area contributed by atoms with Crippen LogP contribution in [0.4, 0.5) is 5.69 Å². The largest absolute Gasteiger partial charge is 0.399 e. The van der Waals surface area contributed by atoms with Gasteiger partial charge in [-0.25, -0.2) is 4.98 Å². The van der Waals surface area contributed by atoms with Gasteiger partial charge in [-0.3, -0.25) is 4.79 Å². The van der Waals surface area contributed by atoms with E-state index in [0.717, 1.165) is 21.6 Å². The Bertz CT molecular complexity index is 805. The molecule has 0 spiro atoms. The number of anilines is 1. The number of rotatable bonds is 3. The van der Waals surface area contributed by atoms with Gasteiger partial charge in [-0.15, -0.1) is 11.3 Å². The number of benzene rings is 1. The number of thiazole rings is 1. The lowest BCUT2D eigenvalue weighted by Crippen LogP contribution is -2.26. The van der Waals surface area contributed by atoms with Crippen molar-refractivity contribution in [3.63, 3.8) is 0 Å². The normalized spacial score (nSPS) is 12.5. The molecule has 0 fully saturated rings. The van der Waals surface area contributed by atoms with Gasteiger partial charge >= 0.3 is 0 Å². The second kappa shape index (κ2) is 5.21. The van der Waals surface area contributed by atoms with Crippen molar-refractivity contribution in [3.05, 3.63) is 46.0 Å². The second-order valence-electron chi connectivity index (χ2n) is 5.03. The molecule has 4 N–H and O–H groups in total. The third-order valence-corrected chi connectivity index (χ3v) is 4.45. The van der Waals surface area contributed by atoms with Gasteiger partial charge in [-0.1, -0.05) is 0 Å². The molecule has 1 atom stereocenters. The highest BCUT2D eigenvalue weighted by molar-refractivity contribution is 7.09. The van der Waals surface area contributed by atoms with E-state index in [0.29, 0.717) is 11.3 Å². The van der Waals surface area contributed by atoms with Gasteiger partial charge in [0.05, 0.1) is 11.6 Å².